The van der Waals surface area contributed by atoms with E-state index in [1.807, 2.05) is 38.1 Å². The minimum atomic E-state index is -0.471. The first-order valence-electron chi connectivity index (χ1n) is 7.33. The number of aryl methyl sites for hydroxylation is 1. The van der Waals surface area contributed by atoms with Gasteiger partial charge in [0.05, 0.1) is 6.04 Å². The van der Waals surface area contributed by atoms with E-state index in [0.29, 0.717) is 0 Å². The van der Waals surface area contributed by atoms with Gasteiger partial charge in [0.25, 0.3) is 5.91 Å². The van der Waals surface area contributed by atoms with Crippen molar-refractivity contribution in [2.24, 2.45) is 0 Å². The standard InChI is InChI=1S/C18H20FNO2/c1-3-16(14-10-8-13(2)9-11-14)20-18(21)12-22-17-7-5-4-6-15(17)19/h4-11,16H,3,12H2,1-2H3,(H,20,21). The van der Waals surface area contributed by atoms with E-state index in [1.165, 1.54) is 17.7 Å². The minimum absolute atomic E-state index is 0.0719. The highest BCUT2D eigenvalue weighted by atomic mass is 19.1. The van der Waals surface area contributed by atoms with Crippen molar-refractivity contribution < 1.29 is 13.9 Å². The van der Waals surface area contributed by atoms with Gasteiger partial charge in [0.2, 0.25) is 0 Å². The smallest absolute Gasteiger partial charge is 0.258 e. The van der Waals surface area contributed by atoms with Gasteiger partial charge in [-0.2, -0.15) is 0 Å². The zero-order valence-corrected chi connectivity index (χ0v) is 12.8. The van der Waals surface area contributed by atoms with E-state index in [9.17, 15) is 9.18 Å². The fourth-order valence-corrected chi connectivity index (χ4v) is 2.16. The Kier molecular flexibility index (Phi) is 5.53. The van der Waals surface area contributed by atoms with Crippen LogP contribution >= 0.6 is 0 Å². The van der Waals surface area contributed by atoms with Gasteiger partial charge in [0.15, 0.2) is 18.2 Å². The highest BCUT2D eigenvalue weighted by molar-refractivity contribution is 5.78. The van der Waals surface area contributed by atoms with E-state index in [1.54, 1.807) is 12.1 Å². The fraction of sp³-hybridized carbons (Fsp3) is 0.278. The number of nitrogens with one attached hydrogen (secondary N) is 1. The number of rotatable bonds is 6. The lowest BCUT2D eigenvalue weighted by Gasteiger charge is -2.18. The molecule has 1 unspecified atom stereocenters. The Hall–Kier alpha value is -2.36. The average Bonchev–Trinajstić information content (AvgIpc) is 2.53. The molecule has 0 saturated heterocycles. The van der Waals surface area contributed by atoms with Gasteiger partial charge in [0.1, 0.15) is 0 Å². The van der Waals surface area contributed by atoms with Gasteiger partial charge in [0, 0.05) is 0 Å². The molecule has 0 fully saturated rings. The van der Waals surface area contributed by atoms with Crippen LogP contribution in [-0.4, -0.2) is 12.5 Å². The summed E-state index contributed by atoms with van der Waals surface area (Å²) in [5, 5.41) is 2.91. The van der Waals surface area contributed by atoms with E-state index in [-0.39, 0.29) is 24.3 Å². The maximum atomic E-state index is 13.4. The lowest BCUT2D eigenvalue weighted by molar-refractivity contribution is -0.123. The Morgan fingerprint density at radius 3 is 2.50 bits per heavy atom. The molecule has 2 rings (SSSR count). The second-order valence-electron chi connectivity index (χ2n) is 5.16. The predicted molar refractivity (Wildman–Crippen MR) is 84.2 cm³/mol. The van der Waals surface area contributed by atoms with Gasteiger partial charge >= 0.3 is 0 Å². The molecule has 0 aromatic heterocycles. The number of carbonyl (C=O) groups is 1. The van der Waals surface area contributed by atoms with Crippen LogP contribution in [0, 0.1) is 12.7 Å². The number of ether oxygens (including phenoxy) is 1. The monoisotopic (exact) mass is 301 g/mol. The van der Waals surface area contributed by atoms with Crippen LogP contribution in [0.25, 0.3) is 0 Å². The van der Waals surface area contributed by atoms with Crippen molar-refractivity contribution in [1.29, 1.82) is 0 Å². The maximum Gasteiger partial charge on any atom is 0.258 e. The number of carbonyl (C=O) groups excluding carboxylic acids is 1. The first kappa shape index (κ1) is 16.0. The number of amides is 1. The van der Waals surface area contributed by atoms with Gasteiger partial charge in [-0.15, -0.1) is 0 Å². The van der Waals surface area contributed by atoms with E-state index >= 15 is 0 Å². The van der Waals surface area contributed by atoms with Crippen LogP contribution in [0.15, 0.2) is 48.5 Å². The molecule has 0 radical (unpaired) electrons. The molecule has 22 heavy (non-hydrogen) atoms. The molecule has 2 aromatic rings. The normalized spacial score (nSPS) is 11.8. The molecule has 0 spiro atoms. The molecule has 2 aromatic carbocycles. The summed E-state index contributed by atoms with van der Waals surface area (Å²) in [6.45, 7) is 3.82. The third kappa shape index (κ3) is 4.32. The average molecular weight is 301 g/mol. The van der Waals surface area contributed by atoms with Gasteiger partial charge in [-0.1, -0.05) is 48.9 Å². The van der Waals surface area contributed by atoms with Crippen molar-refractivity contribution in [3.05, 3.63) is 65.5 Å². The minimum Gasteiger partial charge on any atom is -0.481 e. The summed E-state index contributed by atoms with van der Waals surface area (Å²) >= 11 is 0. The molecule has 1 amide bonds. The van der Waals surface area contributed by atoms with Crippen molar-refractivity contribution in [3.63, 3.8) is 0 Å². The van der Waals surface area contributed by atoms with Gasteiger partial charge < -0.3 is 10.1 Å². The Balaban J connectivity index is 1.92. The first-order chi connectivity index (χ1) is 10.6. The number of halogens is 1. The number of benzene rings is 2. The van der Waals surface area contributed by atoms with E-state index < -0.39 is 5.82 Å². The van der Waals surface area contributed by atoms with Crippen LogP contribution < -0.4 is 10.1 Å². The van der Waals surface area contributed by atoms with E-state index in [4.69, 9.17) is 4.74 Å². The van der Waals surface area contributed by atoms with Crippen LogP contribution in [0.4, 0.5) is 4.39 Å². The summed E-state index contributed by atoms with van der Waals surface area (Å²) < 4.78 is 18.6. The molecule has 0 bridgehead atoms. The SMILES string of the molecule is CCC(NC(=O)COc1ccccc1F)c1ccc(C)cc1. The lowest BCUT2D eigenvalue weighted by Crippen LogP contribution is -2.32. The third-order valence-corrected chi connectivity index (χ3v) is 3.42. The van der Waals surface area contributed by atoms with Crippen molar-refractivity contribution in [2.45, 2.75) is 26.3 Å². The molecule has 0 aliphatic carbocycles. The zero-order valence-electron chi connectivity index (χ0n) is 12.8. The summed E-state index contributed by atoms with van der Waals surface area (Å²) in [6.07, 6.45) is 0.772. The third-order valence-electron chi connectivity index (χ3n) is 3.42. The van der Waals surface area contributed by atoms with Crippen molar-refractivity contribution >= 4 is 5.91 Å². The summed E-state index contributed by atoms with van der Waals surface area (Å²) in [4.78, 5) is 12.0. The molecular weight excluding hydrogens is 281 g/mol. The predicted octanol–water partition coefficient (Wildman–Crippen LogP) is 3.78. The number of para-hydroxylation sites is 1. The van der Waals surface area contributed by atoms with Gasteiger partial charge in [-0.3, -0.25) is 4.79 Å². The summed E-state index contributed by atoms with van der Waals surface area (Å²) in [6, 6.07) is 14.0. The maximum absolute atomic E-state index is 13.4. The molecular formula is C18H20FNO2. The Morgan fingerprint density at radius 2 is 1.86 bits per heavy atom. The second-order valence-corrected chi connectivity index (χ2v) is 5.16. The molecule has 1 atom stereocenters. The molecule has 0 saturated carbocycles. The lowest BCUT2D eigenvalue weighted by atomic mass is 10.0. The van der Waals surface area contributed by atoms with Crippen molar-refractivity contribution in [1.82, 2.24) is 5.32 Å². The van der Waals surface area contributed by atoms with Crippen LogP contribution in [-0.2, 0) is 4.79 Å². The van der Waals surface area contributed by atoms with E-state index in [2.05, 4.69) is 5.32 Å². The molecule has 0 aliphatic heterocycles. The van der Waals surface area contributed by atoms with Crippen LogP contribution in [0.1, 0.15) is 30.5 Å². The zero-order chi connectivity index (χ0) is 15.9. The molecule has 3 nitrogen and oxygen atoms in total. The van der Waals surface area contributed by atoms with Crippen LogP contribution in [0.5, 0.6) is 5.75 Å². The van der Waals surface area contributed by atoms with E-state index in [0.717, 1.165) is 12.0 Å². The van der Waals surface area contributed by atoms with Crippen molar-refractivity contribution in [3.8, 4) is 5.75 Å². The molecule has 1 N–H and O–H groups in total. The molecule has 4 heteroatoms. The quantitative estimate of drug-likeness (QED) is 0.881. The highest BCUT2D eigenvalue weighted by Crippen LogP contribution is 2.18. The van der Waals surface area contributed by atoms with Gasteiger partial charge in [-0.05, 0) is 31.0 Å². The second kappa shape index (κ2) is 7.59. The van der Waals surface area contributed by atoms with Crippen LogP contribution in [0.3, 0.4) is 0 Å². The molecule has 116 valence electrons. The van der Waals surface area contributed by atoms with Crippen molar-refractivity contribution in [2.75, 3.05) is 6.61 Å². The largest absolute Gasteiger partial charge is 0.481 e. The Labute approximate surface area is 130 Å². The highest BCUT2D eigenvalue weighted by Gasteiger charge is 2.13. The number of hydrogen-bond donors (Lipinski definition) is 1. The summed E-state index contributed by atoms with van der Waals surface area (Å²) in [7, 11) is 0. The molecule has 0 heterocycles. The van der Waals surface area contributed by atoms with Crippen LogP contribution in [0.2, 0.25) is 0 Å². The first-order valence-corrected chi connectivity index (χ1v) is 7.33. The van der Waals surface area contributed by atoms with Gasteiger partial charge in [-0.25, -0.2) is 4.39 Å². The molecule has 0 aliphatic rings. The summed E-state index contributed by atoms with van der Waals surface area (Å²) in [5.41, 5.74) is 2.22. The Morgan fingerprint density at radius 1 is 1.18 bits per heavy atom. The summed E-state index contributed by atoms with van der Waals surface area (Å²) in [5.74, 6) is -0.655. The topological polar surface area (TPSA) is 38.3 Å². The fourth-order valence-electron chi connectivity index (χ4n) is 2.16. The Bertz CT molecular complexity index is 625. The number of hydrogen-bond acceptors (Lipinski definition) is 2.